The maximum atomic E-state index is 13.0. The molecule has 2 heterocycles. The van der Waals surface area contributed by atoms with Crippen LogP contribution in [0.1, 0.15) is 36.0 Å². The van der Waals surface area contributed by atoms with Crippen molar-refractivity contribution in [2.45, 2.75) is 62.1 Å². The number of likely N-dealkylation sites (tertiary alicyclic amines) is 1. The van der Waals surface area contributed by atoms with Crippen LogP contribution in [-0.4, -0.2) is 44.7 Å². The molecule has 5 nitrogen and oxygen atoms in total. The summed E-state index contributed by atoms with van der Waals surface area (Å²) in [6, 6.07) is 15.0. The second-order valence-corrected chi connectivity index (χ2v) is 9.98. The van der Waals surface area contributed by atoms with Gasteiger partial charge in [-0.2, -0.15) is 0 Å². The van der Waals surface area contributed by atoms with Gasteiger partial charge < -0.3 is 10.3 Å². The Hall–Kier alpha value is -2.31. The van der Waals surface area contributed by atoms with Crippen LogP contribution in [0.2, 0.25) is 0 Å². The Balaban J connectivity index is 1.34. The number of hydrogen-bond donors (Lipinski definition) is 2. The fourth-order valence-electron chi connectivity index (χ4n) is 4.25. The lowest BCUT2D eigenvalue weighted by Crippen LogP contribution is -2.43. The van der Waals surface area contributed by atoms with Crippen molar-refractivity contribution in [3.63, 3.8) is 0 Å². The van der Waals surface area contributed by atoms with Gasteiger partial charge in [0.1, 0.15) is 0 Å². The molecule has 1 amide bonds. The lowest BCUT2D eigenvalue weighted by molar-refractivity contribution is -0.125. The maximum Gasteiger partial charge on any atom is 0.237 e. The minimum Gasteiger partial charge on any atom is -0.352 e. The molecule has 1 aliphatic heterocycles. The van der Waals surface area contributed by atoms with Gasteiger partial charge in [-0.25, -0.2) is 4.98 Å². The van der Waals surface area contributed by atoms with Crippen LogP contribution in [0.4, 0.5) is 0 Å². The molecule has 6 heteroatoms. The summed E-state index contributed by atoms with van der Waals surface area (Å²) >= 11 is 1.77. The first-order valence-electron chi connectivity index (χ1n) is 10.8. The van der Waals surface area contributed by atoms with Crippen LogP contribution in [0.15, 0.2) is 47.6 Å². The molecular formula is C24H28N4OS. The smallest absolute Gasteiger partial charge is 0.237 e. The quantitative estimate of drug-likeness (QED) is 0.628. The van der Waals surface area contributed by atoms with Crippen molar-refractivity contribution < 1.29 is 4.79 Å². The van der Waals surface area contributed by atoms with Gasteiger partial charge in [0, 0.05) is 24.4 Å². The zero-order valence-corrected chi connectivity index (χ0v) is 18.3. The fourth-order valence-corrected chi connectivity index (χ4v) is 5.43. The Morgan fingerprint density at radius 1 is 1.23 bits per heavy atom. The largest absolute Gasteiger partial charge is 0.352 e. The summed E-state index contributed by atoms with van der Waals surface area (Å²) in [7, 11) is 0. The van der Waals surface area contributed by atoms with Crippen LogP contribution < -0.4 is 5.32 Å². The number of rotatable bonds is 6. The predicted octanol–water partition coefficient (Wildman–Crippen LogP) is 4.19. The van der Waals surface area contributed by atoms with E-state index in [-0.39, 0.29) is 11.9 Å². The Morgan fingerprint density at radius 3 is 2.87 bits per heavy atom. The molecule has 0 unspecified atom stereocenters. The van der Waals surface area contributed by atoms with Gasteiger partial charge in [0.15, 0.2) is 5.16 Å². The third-order valence-electron chi connectivity index (χ3n) is 6.12. The first kappa shape index (κ1) is 19.6. The topological polar surface area (TPSA) is 61.0 Å². The average molecular weight is 421 g/mol. The number of aryl methyl sites for hydroxylation is 2. The lowest BCUT2D eigenvalue weighted by atomic mass is 10.0. The molecule has 0 radical (unpaired) electrons. The van der Waals surface area contributed by atoms with Gasteiger partial charge in [-0.05, 0) is 56.4 Å². The first-order chi connectivity index (χ1) is 14.5. The number of aromatic nitrogens is 2. The highest BCUT2D eigenvalue weighted by atomic mass is 32.2. The van der Waals surface area contributed by atoms with Crippen molar-refractivity contribution in [2.75, 3.05) is 6.54 Å². The van der Waals surface area contributed by atoms with Crippen LogP contribution >= 0.6 is 11.8 Å². The van der Waals surface area contributed by atoms with Gasteiger partial charge in [-0.1, -0.05) is 47.7 Å². The van der Waals surface area contributed by atoms with E-state index < -0.39 is 0 Å². The molecule has 2 atom stereocenters. The Kier molecular flexibility index (Phi) is 5.29. The molecule has 2 fully saturated rings. The molecule has 156 valence electrons. The van der Waals surface area contributed by atoms with Crippen LogP contribution in [0.3, 0.4) is 0 Å². The summed E-state index contributed by atoms with van der Waals surface area (Å²) in [5, 5.41) is 4.51. The molecule has 1 saturated heterocycles. The highest BCUT2D eigenvalue weighted by Gasteiger charge is 2.39. The number of nitrogens with one attached hydrogen (secondary N) is 2. The molecule has 1 saturated carbocycles. The number of carbonyl (C=O) groups is 1. The molecule has 2 aromatic carbocycles. The van der Waals surface area contributed by atoms with Crippen molar-refractivity contribution in [1.82, 2.24) is 20.2 Å². The molecular weight excluding hydrogens is 392 g/mol. The van der Waals surface area contributed by atoms with Gasteiger partial charge in [0.05, 0.1) is 17.1 Å². The fraction of sp³-hybridized carbons (Fsp3) is 0.417. The highest BCUT2D eigenvalue weighted by molar-refractivity contribution is 7.99. The molecule has 0 bridgehead atoms. The van der Waals surface area contributed by atoms with Crippen molar-refractivity contribution in [3.05, 3.63) is 59.2 Å². The van der Waals surface area contributed by atoms with E-state index >= 15 is 0 Å². The van der Waals surface area contributed by atoms with Crippen molar-refractivity contribution in [1.29, 1.82) is 0 Å². The number of para-hydroxylation sites is 2. The zero-order chi connectivity index (χ0) is 20.7. The van der Waals surface area contributed by atoms with Gasteiger partial charge in [-0.15, -0.1) is 0 Å². The van der Waals surface area contributed by atoms with Crippen LogP contribution in [0.25, 0.3) is 11.0 Å². The van der Waals surface area contributed by atoms with E-state index in [9.17, 15) is 4.79 Å². The summed E-state index contributed by atoms with van der Waals surface area (Å²) in [6.07, 6.45) is 3.09. The number of hydrogen-bond acceptors (Lipinski definition) is 4. The van der Waals surface area contributed by atoms with Gasteiger partial charge in [0.2, 0.25) is 5.91 Å². The zero-order valence-electron chi connectivity index (χ0n) is 17.5. The summed E-state index contributed by atoms with van der Waals surface area (Å²) in [4.78, 5) is 23.5. The number of H-pyrrole nitrogens is 1. The summed E-state index contributed by atoms with van der Waals surface area (Å²) in [5.41, 5.74) is 5.92. The molecule has 0 spiro atoms. The first-order valence-corrected chi connectivity index (χ1v) is 11.6. The number of amides is 1. The Morgan fingerprint density at radius 2 is 2.07 bits per heavy atom. The average Bonchev–Trinajstić information content (AvgIpc) is 3.30. The number of fused-ring (bicyclic) bond motifs is 1. The third-order valence-corrected chi connectivity index (χ3v) is 7.21. The standard InChI is InChI=1S/C24H28N4OS/c1-15-7-8-16(2)17(11-15)13-28-14-19(12-22(28)23(29)25-18-9-10-18)30-24-26-20-5-3-4-6-21(20)27-24/h3-8,11,18-19,22H,9-10,12-14H2,1-2H3,(H,25,29)(H,26,27)/t19-,22-/m0/s1. The summed E-state index contributed by atoms with van der Waals surface area (Å²) in [5.74, 6) is 0.190. The summed E-state index contributed by atoms with van der Waals surface area (Å²) in [6.45, 7) is 5.99. The van der Waals surface area contributed by atoms with E-state index in [2.05, 4.69) is 53.3 Å². The molecule has 3 aromatic rings. The number of benzene rings is 2. The third kappa shape index (κ3) is 4.25. The van der Waals surface area contributed by atoms with E-state index in [0.717, 1.165) is 48.5 Å². The molecule has 2 aliphatic rings. The van der Waals surface area contributed by atoms with Crippen LogP contribution in [0.5, 0.6) is 0 Å². The highest BCUT2D eigenvalue weighted by Crippen LogP contribution is 2.34. The minimum atomic E-state index is -0.0765. The van der Waals surface area contributed by atoms with Gasteiger partial charge >= 0.3 is 0 Å². The number of imidazole rings is 1. The van der Waals surface area contributed by atoms with E-state index in [1.807, 2.05) is 18.2 Å². The van der Waals surface area contributed by atoms with Crippen molar-refractivity contribution >= 4 is 28.7 Å². The second-order valence-electron chi connectivity index (χ2n) is 8.69. The second kappa shape index (κ2) is 8.08. The number of carbonyl (C=O) groups excluding carboxylic acids is 1. The van der Waals surface area contributed by atoms with Crippen molar-refractivity contribution in [3.8, 4) is 0 Å². The van der Waals surface area contributed by atoms with Gasteiger partial charge in [0.25, 0.3) is 0 Å². The normalized spacial score (nSPS) is 21.9. The Labute approximate surface area is 181 Å². The van der Waals surface area contributed by atoms with E-state index in [1.165, 1.54) is 16.7 Å². The minimum absolute atomic E-state index is 0.0765. The van der Waals surface area contributed by atoms with Crippen LogP contribution in [-0.2, 0) is 11.3 Å². The number of aromatic amines is 1. The van der Waals surface area contributed by atoms with E-state index in [0.29, 0.717) is 11.3 Å². The van der Waals surface area contributed by atoms with E-state index in [4.69, 9.17) is 4.98 Å². The maximum absolute atomic E-state index is 13.0. The summed E-state index contributed by atoms with van der Waals surface area (Å²) < 4.78 is 0. The van der Waals surface area contributed by atoms with E-state index in [1.54, 1.807) is 11.8 Å². The SMILES string of the molecule is Cc1ccc(C)c(CN2C[C@@H](Sc3nc4ccccc4[nH]3)C[C@H]2C(=O)NC2CC2)c1. The molecule has 1 aromatic heterocycles. The van der Waals surface area contributed by atoms with Crippen LogP contribution in [0, 0.1) is 13.8 Å². The monoisotopic (exact) mass is 420 g/mol. The Bertz CT molecular complexity index is 1040. The molecule has 30 heavy (non-hydrogen) atoms. The number of thioether (sulfide) groups is 1. The molecule has 2 N–H and O–H groups in total. The predicted molar refractivity (Wildman–Crippen MR) is 122 cm³/mol. The van der Waals surface area contributed by atoms with Crippen molar-refractivity contribution in [2.24, 2.45) is 0 Å². The lowest BCUT2D eigenvalue weighted by Gasteiger charge is -2.24. The molecule has 5 rings (SSSR count). The number of nitrogens with zero attached hydrogens (tertiary/aromatic N) is 2. The van der Waals surface area contributed by atoms with Gasteiger partial charge in [-0.3, -0.25) is 9.69 Å². The molecule has 1 aliphatic carbocycles.